The second-order valence-corrected chi connectivity index (χ2v) is 6.62. The topological polar surface area (TPSA) is 18.5 Å². The molecule has 2 fully saturated rings. The number of hydrogen-bond donors (Lipinski definition) is 0. The summed E-state index contributed by atoms with van der Waals surface area (Å²) in [6.07, 6.45) is 10.5. The predicted molar refractivity (Wildman–Crippen MR) is 79.4 cm³/mol. The Hall–Kier alpha value is -0.150. The Labute approximate surface area is 123 Å². The van der Waals surface area contributed by atoms with Gasteiger partial charge < -0.3 is 9.47 Å². The minimum Gasteiger partial charge on any atom is -0.352 e. The van der Waals surface area contributed by atoms with Crippen LogP contribution >= 0.6 is 0 Å². The molecule has 1 aliphatic heterocycles. The number of ether oxygens (including phenoxy) is 2. The third-order valence-electron chi connectivity index (χ3n) is 4.79. The Bertz CT molecular complexity index is 243. The summed E-state index contributed by atoms with van der Waals surface area (Å²) in [5.74, 6) is 0.998. The summed E-state index contributed by atoms with van der Waals surface area (Å²) >= 11 is 0. The zero-order valence-electron chi connectivity index (χ0n) is 13.0. The summed E-state index contributed by atoms with van der Waals surface area (Å²) in [6.45, 7) is 3.93. The predicted octanol–water partition coefficient (Wildman–Crippen LogP) is 4.86. The van der Waals surface area contributed by atoms with Gasteiger partial charge in [0, 0.05) is 11.8 Å². The van der Waals surface area contributed by atoms with Crippen molar-refractivity contribution in [1.29, 1.82) is 0 Å². The Morgan fingerprint density at radius 1 is 0.900 bits per heavy atom. The van der Waals surface area contributed by atoms with Crippen LogP contribution in [0.1, 0.15) is 71.1 Å². The van der Waals surface area contributed by atoms with Gasteiger partial charge in [-0.2, -0.15) is 0 Å². The minimum atomic E-state index is -0.592. The molecule has 2 nitrogen and oxygen atoms in total. The highest BCUT2D eigenvalue weighted by atomic mass is 19.1. The molecule has 0 aromatic carbocycles. The molecule has 1 aliphatic carbocycles. The van der Waals surface area contributed by atoms with Crippen LogP contribution in [0, 0.1) is 11.8 Å². The highest BCUT2D eigenvalue weighted by Crippen LogP contribution is 2.32. The number of halogens is 1. The molecule has 1 heterocycles. The Balaban J connectivity index is 1.55. The van der Waals surface area contributed by atoms with Crippen molar-refractivity contribution in [1.82, 2.24) is 0 Å². The quantitative estimate of drug-likeness (QED) is 0.622. The molecule has 2 rings (SSSR count). The zero-order chi connectivity index (χ0) is 14.2. The third kappa shape index (κ3) is 5.33. The first-order valence-corrected chi connectivity index (χ1v) is 8.67. The maximum absolute atomic E-state index is 13.1. The van der Waals surface area contributed by atoms with Crippen LogP contribution in [0.3, 0.4) is 0 Å². The van der Waals surface area contributed by atoms with Gasteiger partial charge in [0.05, 0.1) is 13.2 Å². The van der Waals surface area contributed by atoms with Crippen molar-refractivity contribution in [3.05, 3.63) is 0 Å². The van der Waals surface area contributed by atoms with Gasteiger partial charge in [-0.25, -0.2) is 4.39 Å². The van der Waals surface area contributed by atoms with Gasteiger partial charge in [0.1, 0.15) is 6.17 Å². The van der Waals surface area contributed by atoms with E-state index in [1.807, 2.05) is 0 Å². The van der Waals surface area contributed by atoms with Gasteiger partial charge in [-0.05, 0) is 32.1 Å². The Morgan fingerprint density at radius 3 is 2.20 bits per heavy atom. The molecule has 1 saturated heterocycles. The van der Waals surface area contributed by atoms with Crippen LogP contribution in [-0.4, -0.2) is 25.7 Å². The van der Waals surface area contributed by atoms with Crippen LogP contribution in [0.5, 0.6) is 0 Å². The van der Waals surface area contributed by atoms with E-state index in [9.17, 15) is 4.39 Å². The van der Waals surface area contributed by atoms with E-state index in [-0.39, 0.29) is 6.29 Å². The molecule has 0 atom stereocenters. The van der Waals surface area contributed by atoms with Crippen LogP contribution < -0.4 is 0 Å². The highest BCUT2D eigenvalue weighted by molar-refractivity contribution is 4.76. The summed E-state index contributed by atoms with van der Waals surface area (Å²) in [5, 5.41) is 0. The molecule has 1 saturated carbocycles. The first-order valence-electron chi connectivity index (χ1n) is 8.67. The molecule has 0 radical (unpaired) electrons. The van der Waals surface area contributed by atoms with Crippen LogP contribution in [0.15, 0.2) is 0 Å². The summed E-state index contributed by atoms with van der Waals surface area (Å²) in [4.78, 5) is 0. The van der Waals surface area contributed by atoms with E-state index < -0.39 is 6.17 Å². The number of hydrogen-bond acceptors (Lipinski definition) is 2. The van der Waals surface area contributed by atoms with Crippen molar-refractivity contribution in [2.24, 2.45) is 11.8 Å². The molecule has 0 amide bonds. The van der Waals surface area contributed by atoms with Gasteiger partial charge in [-0.1, -0.05) is 39.0 Å². The normalized spacial score (nSPS) is 35.1. The van der Waals surface area contributed by atoms with Gasteiger partial charge >= 0.3 is 0 Å². The van der Waals surface area contributed by atoms with Crippen LogP contribution in [-0.2, 0) is 9.47 Å². The minimum absolute atomic E-state index is 0.0566. The molecule has 0 bridgehead atoms. The summed E-state index contributed by atoms with van der Waals surface area (Å²) in [6, 6.07) is 0. The summed E-state index contributed by atoms with van der Waals surface area (Å²) in [5.41, 5.74) is 0. The van der Waals surface area contributed by atoms with Gasteiger partial charge in [-0.3, -0.25) is 0 Å². The summed E-state index contributed by atoms with van der Waals surface area (Å²) in [7, 11) is 0. The number of unbranched alkanes of at least 4 members (excludes halogenated alkanes) is 4. The SMILES string of the molecule is CCCCCCC[C@H]1CO[C@H]([C@H]2CC[C@H](F)CC2)OC1. The second kappa shape index (κ2) is 8.99. The fourth-order valence-corrected chi connectivity index (χ4v) is 3.38. The highest BCUT2D eigenvalue weighted by Gasteiger charge is 2.32. The fraction of sp³-hybridized carbons (Fsp3) is 1.00. The van der Waals surface area contributed by atoms with Crippen LogP contribution in [0.25, 0.3) is 0 Å². The standard InChI is InChI=1S/C17H31FO2/c1-2-3-4-5-6-7-14-12-19-17(20-13-14)15-8-10-16(18)11-9-15/h14-17H,2-13H2,1H3/t14-,15-,16-,17-. The lowest BCUT2D eigenvalue weighted by Gasteiger charge is -2.36. The van der Waals surface area contributed by atoms with Gasteiger partial charge in [0.2, 0.25) is 0 Å². The van der Waals surface area contributed by atoms with Gasteiger partial charge in [0.15, 0.2) is 6.29 Å². The molecule has 0 N–H and O–H groups in total. The molecular formula is C17H31FO2. The number of rotatable bonds is 7. The molecule has 20 heavy (non-hydrogen) atoms. The van der Waals surface area contributed by atoms with E-state index in [1.165, 1.54) is 38.5 Å². The smallest absolute Gasteiger partial charge is 0.160 e. The first kappa shape index (κ1) is 16.2. The Morgan fingerprint density at radius 2 is 1.55 bits per heavy atom. The van der Waals surface area contributed by atoms with E-state index in [2.05, 4.69) is 6.92 Å². The molecule has 0 spiro atoms. The maximum atomic E-state index is 13.1. The number of alkyl halides is 1. The van der Waals surface area contributed by atoms with Crippen molar-refractivity contribution in [2.75, 3.05) is 13.2 Å². The van der Waals surface area contributed by atoms with Crippen molar-refractivity contribution < 1.29 is 13.9 Å². The van der Waals surface area contributed by atoms with E-state index in [4.69, 9.17) is 9.47 Å². The van der Waals surface area contributed by atoms with E-state index in [0.717, 1.165) is 26.1 Å². The van der Waals surface area contributed by atoms with Crippen molar-refractivity contribution in [2.45, 2.75) is 83.6 Å². The molecule has 2 aliphatic rings. The lowest BCUT2D eigenvalue weighted by atomic mass is 9.87. The summed E-state index contributed by atoms with van der Waals surface area (Å²) < 4.78 is 24.9. The second-order valence-electron chi connectivity index (χ2n) is 6.62. The molecule has 0 aromatic rings. The molecule has 118 valence electrons. The molecular weight excluding hydrogens is 255 g/mol. The van der Waals surface area contributed by atoms with Crippen LogP contribution in [0.2, 0.25) is 0 Å². The fourth-order valence-electron chi connectivity index (χ4n) is 3.38. The molecule has 0 aromatic heterocycles. The average molecular weight is 286 g/mol. The Kier molecular flexibility index (Phi) is 7.29. The van der Waals surface area contributed by atoms with Crippen molar-refractivity contribution >= 4 is 0 Å². The molecule has 3 heteroatoms. The van der Waals surface area contributed by atoms with Crippen LogP contribution in [0.4, 0.5) is 4.39 Å². The van der Waals surface area contributed by atoms with E-state index in [0.29, 0.717) is 24.7 Å². The van der Waals surface area contributed by atoms with E-state index >= 15 is 0 Å². The first-order chi connectivity index (χ1) is 9.79. The monoisotopic (exact) mass is 286 g/mol. The van der Waals surface area contributed by atoms with Gasteiger partial charge in [-0.15, -0.1) is 0 Å². The van der Waals surface area contributed by atoms with Crippen molar-refractivity contribution in [3.63, 3.8) is 0 Å². The zero-order valence-corrected chi connectivity index (χ0v) is 13.0. The lowest BCUT2D eigenvalue weighted by Crippen LogP contribution is -2.38. The van der Waals surface area contributed by atoms with Gasteiger partial charge in [0.25, 0.3) is 0 Å². The average Bonchev–Trinajstić information content (AvgIpc) is 2.49. The third-order valence-corrected chi connectivity index (χ3v) is 4.79. The molecule has 0 unspecified atom stereocenters. The largest absolute Gasteiger partial charge is 0.352 e. The lowest BCUT2D eigenvalue weighted by molar-refractivity contribution is -0.230. The van der Waals surface area contributed by atoms with E-state index in [1.54, 1.807) is 0 Å². The maximum Gasteiger partial charge on any atom is 0.160 e. The van der Waals surface area contributed by atoms with Crippen molar-refractivity contribution in [3.8, 4) is 0 Å².